The Kier molecular flexibility index (Phi) is 7.25. The Morgan fingerprint density at radius 1 is 1.03 bits per heavy atom. The molecule has 2 amide bonds. The molecule has 0 aliphatic carbocycles. The number of piperidine rings is 1. The number of benzene rings is 1. The summed E-state index contributed by atoms with van der Waals surface area (Å²) in [4.78, 5) is 32.0. The molecule has 1 aromatic carbocycles. The Balaban J connectivity index is 1.20. The van der Waals surface area contributed by atoms with E-state index in [9.17, 15) is 9.59 Å². The average molecular weight is 438 g/mol. The minimum absolute atomic E-state index is 0.0132. The Bertz CT molecular complexity index is 898. The second kappa shape index (κ2) is 10.3. The highest BCUT2D eigenvalue weighted by Gasteiger charge is 2.27. The van der Waals surface area contributed by atoms with Crippen molar-refractivity contribution in [3.05, 3.63) is 53.3 Å². The molecule has 2 aliphatic heterocycles. The molecule has 1 atom stereocenters. The van der Waals surface area contributed by atoms with Gasteiger partial charge in [0.15, 0.2) is 5.69 Å². The zero-order valence-electron chi connectivity index (χ0n) is 19.4. The molecule has 7 heteroatoms. The molecule has 1 unspecified atom stereocenters. The lowest BCUT2D eigenvalue weighted by atomic mass is 9.93. The molecule has 32 heavy (non-hydrogen) atoms. The first-order valence-electron chi connectivity index (χ1n) is 11.8. The van der Waals surface area contributed by atoms with Gasteiger partial charge in [0.2, 0.25) is 5.91 Å². The van der Waals surface area contributed by atoms with Crippen molar-refractivity contribution in [2.45, 2.75) is 39.2 Å². The third kappa shape index (κ3) is 5.57. The molecule has 0 radical (unpaired) electrons. The fourth-order valence-electron chi connectivity index (χ4n) is 4.79. The monoisotopic (exact) mass is 437 g/mol. The van der Waals surface area contributed by atoms with Gasteiger partial charge in [-0.2, -0.15) is 5.10 Å². The number of carbonyl (C=O) groups excluding carboxylic acids is 2. The molecule has 4 rings (SSSR count). The van der Waals surface area contributed by atoms with E-state index in [4.69, 9.17) is 0 Å². The molecule has 0 saturated carbocycles. The fraction of sp³-hybridized carbons (Fsp3) is 0.560. The van der Waals surface area contributed by atoms with Gasteiger partial charge in [-0.3, -0.25) is 19.2 Å². The molecule has 0 bridgehead atoms. The van der Waals surface area contributed by atoms with Crippen molar-refractivity contribution < 1.29 is 9.59 Å². The van der Waals surface area contributed by atoms with Crippen LogP contribution in [0.4, 0.5) is 0 Å². The number of nitrogens with zero attached hydrogens (tertiary/aromatic N) is 5. The molecule has 0 N–H and O–H groups in total. The van der Waals surface area contributed by atoms with Crippen molar-refractivity contribution in [1.82, 2.24) is 24.5 Å². The Morgan fingerprint density at radius 2 is 1.78 bits per heavy atom. The second-order valence-corrected chi connectivity index (χ2v) is 9.24. The molecular formula is C25H35N5O2. The summed E-state index contributed by atoms with van der Waals surface area (Å²) in [5.41, 5.74) is 2.83. The van der Waals surface area contributed by atoms with E-state index in [-0.39, 0.29) is 11.8 Å². The summed E-state index contributed by atoms with van der Waals surface area (Å²) in [6, 6.07) is 12.4. The smallest absolute Gasteiger partial charge is 0.274 e. The van der Waals surface area contributed by atoms with Crippen molar-refractivity contribution in [2.75, 3.05) is 39.3 Å². The third-order valence-corrected chi connectivity index (χ3v) is 6.88. The fourth-order valence-corrected chi connectivity index (χ4v) is 4.79. The number of aryl methyl sites for hydroxylation is 2. The van der Waals surface area contributed by atoms with Gasteiger partial charge in [-0.15, -0.1) is 0 Å². The molecule has 1 aromatic heterocycles. The maximum absolute atomic E-state index is 12.8. The maximum atomic E-state index is 12.8. The van der Waals surface area contributed by atoms with Gasteiger partial charge in [0, 0.05) is 65.0 Å². The zero-order valence-corrected chi connectivity index (χ0v) is 19.4. The quantitative estimate of drug-likeness (QED) is 0.697. The third-order valence-electron chi connectivity index (χ3n) is 6.88. The van der Waals surface area contributed by atoms with Gasteiger partial charge in [0.25, 0.3) is 5.91 Å². The second-order valence-electron chi connectivity index (χ2n) is 9.24. The number of likely N-dealkylation sites (tertiary alicyclic amines) is 1. The van der Waals surface area contributed by atoms with Gasteiger partial charge in [-0.05, 0) is 43.7 Å². The topological polar surface area (TPSA) is 61.7 Å². The molecule has 2 fully saturated rings. The number of piperazine rings is 1. The first kappa shape index (κ1) is 22.5. The normalized spacial score (nSPS) is 19.9. The number of carbonyl (C=O) groups is 2. The number of amides is 2. The minimum Gasteiger partial charge on any atom is -0.340 e. The molecular weight excluding hydrogens is 402 g/mol. The van der Waals surface area contributed by atoms with E-state index in [1.165, 1.54) is 5.56 Å². The van der Waals surface area contributed by atoms with Gasteiger partial charge < -0.3 is 9.80 Å². The summed E-state index contributed by atoms with van der Waals surface area (Å²) in [6.07, 6.45) is 3.51. The van der Waals surface area contributed by atoms with Crippen LogP contribution in [0.15, 0.2) is 36.4 Å². The molecule has 2 saturated heterocycles. The highest BCUT2D eigenvalue weighted by molar-refractivity contribution is 5.92. The Hall–Kier alpha value is -2.67. The summed E-state index contributed by atoms with van der Waals surface area (Å²) in [5, 5.41) is 4.34. The lowest BCUT2D eigenvalue weighted by molar-refractivity contribution is -0.133. The van der Waals surface area contributed by atoms with Crippen LogP contribution in [-0.4, -0.2) is 75.6 Å². The van der Waals surface area contributed by atoms with Crippen molar-refractivity contribution in [3.63, 3.8) is 0 Å². The lowest BCUT2D eigenvalue weighted by Crippen LogP contribution is -2.48. The van der Waals surface area contributed by atoms with Gasteiger partial charge >= 0.3 is 0 Å². The predicted octanol–water partition coefficient (Wildman–Crippen LogP) is 2.71. The van der Waals surface area contributed by atoms with E-state index in [0.29, 0.717) is 18.0 Å². The van der Waals surface area contributed by atoms with Crippen LogP contribution in [0.3, 0.4) is 0 Å². The van der Waals surface area contributed by atoms with E-state index in [1.807, 2.05) is 35.9 Å². The van der Waals surface area contributed by atoms with E-state index in [1.54, 1.807) is 4.68 Å². The first-order valence-corrected chi connectivity index (χ1v) is 11.8. The van der Waals surface area contributed by atoms with E-state index in [0.717, 1.165) is 70.8 Å². The molecule has 172 valence electrons. The van der Waals surface area contributed by atoms with Crippen LogP contribution < -0.4 is 0 Å². The van der Waals surface area contributed by atoms with Crippen LogP contribution in [0.5, 0.6) is 0 Å². The van der Waals surface area contributed by atoms with Gasteiger partial charge in [-0.1, -0.05) is 30.3 Å². The minimum atomic E-state index is 0.0132. The van der Waals surface area contributed by atoms with Crippen LogP contribution in [0.25, 0.3) is 0 Å². The van der Waals surface area contributed by atoms with Gasteiger partial charge in [0.1, 0.15) is 0 Å². The summed E-state index contributed by atoms with van der Waals surface area (Å²) in [5.74, 6) is 0.660. The van der Waals surface area contributed by atoms with E-state index in [2.05, 4.69) is 34.3 Å². The van der Waals surface area contributed by atoms with Crippen molar-refractivity contribution in [1.29, 1.82) is 0 Å². The SMILES string of the molecule is Cc1cc(C(=O)N2CCCC(CCC(=O)N3CCN(Cc4ccccc4)CC3)C2)nn1C. The summed E-state index contributed by atoms with van der Waals surface area (Å²) < 4.78 is 1.74. The summed E-state index contributed by atoms with van der Waals surface area (Å²) in [7, 11) is 1.86. The predicted molar refractivity (Wildman–Crippen MR) is 124 cm³/mol. The maximum Gasteiger partial charge on any atom is 0.274 e. The van der Waals surface area contributed by atoms with Crippen LogP contribution in [0, 0.1) is 12.8 Å². The van der Waals surface area contributed by atoms with Crippen LogP contribution in [0.2, 0.25) is 0 Å². The van der Waals surface area contributed by atoms with E-state index < -0.39 is 0 Å². The van der Waals surface area contributed by atoms with Crippen LogP contribution in [-0.2, 0) is 18.4 Å². The molecule has 2 aliphatic rings. The van der Waals surface area contributed by atoms with Crippen molar-refractivity contribution >= 4 is 11.8 Å². The highest BCUT2D eigenvalue weighted by atomic mass is 16.2. The number of rotatable bonds is 6. The average Bonchev–Trinajstić information content (AvgIpc) is 3.16. The van der Waals surface area contributed by atoms with Crippen molar-refractivity contribution in [2.24, 2.45) is 13.0 Å². The van der Waals surface area contributed by atoms with E-state index >= 15 is 0 Å². The highest BCUT2D eigenvalue weighted by Crippen LogP contribution is 2.23. The van der Waals surface area contributed by atoms with Crippen LogP contribution in [0.1, 0.15) is 47.4 Å². The van der Waals surface area contributed by atoms with Crippen molar-refractivity contribution in [3.8, 4) is 0 Å². The molecule has 7 nitrogen and oxygen atoms in total. The standard InChI is InChI=1S/C25H35N5O2/c1-20-17-23(26-27(20)2)25(32)30-12-6-9-22(19-30)10-11-24(31)29-15-13-28(14-16-29)18-21-7-4-3-5-8-21/h3-5,7-8,17,22H,6,9-16,18-19H2,1-2H3. The number of aromatic nitrogens is 2. The number of hydrogen-bond acceptors (Lipinski definition) is 4. The molecule has 3 heterocycles. The molecule has 2 aromatic rings. The summed E-state index contributed by atoms with van der Waals surface area (Å²) in [6.45, 7) is 7.88. The Labute approximate surface area is 191 Å². The van der Waals surface area contributed by atoms with Gasteiger partial charge in [0.05, 0.1) is 0 Å². The zero-order chi connectivity index (χ0) is 22.5. The summed E-state index contributed by atoms with van der Waals surface area (Å²) >= 11 is 0. The molecule has 0 spiro atoms. The van der Waals surface area contributed by atoms with Crippen LogP contribution >= 0.6 is 0 Å². The lowest BCUT2D eigenvalue weighted by Gasteiger charge is -2.36. The van der Waals surface area contributed by atoms with Gasteiger partial charge in [-0.25, -0.2) is 0 Å². The Morgan fingerprint density at radius 3 is 2.47 bits per heavy atom. The first-order chi connectivity index (χ1) is 15.5. The number of hydrogen-bond donors (Lipinski definition) is 0. The largest absolute Gasteiger partial charge is 0.340 e.